The fourth-order valence-corrected chi connectivity index (χ4v) is 3.39. The molecule has 5 nitrogen and oxygen atoms in total. The smallest absolute Gasteiger partial charge is 0.256 e. The number of amides is 1. The summed E-state index contributed by atoms with van der Waals surface area (Å²) in [6.45, 7) is 3.52. The molecular weight excluding hydrogens is 349 g/mol. The van der Waals surface area contributed by atoms with Crippen LogP contribution in [0.5, 0.6) is 11.5 Å². The van der Waals surface area contributed by atoms with Crippen LogP contribution < -0.4 is 9.47 Å². The van der Waals surface area contributed by atoms with Crippen molar-refractivity contribution in [2.24, 2.45) is 5.92 Å². The number of carbonyl (C=O) groups is 2. The number of ketones is 1. The Kier molecular flexibility index (Phi) is 4.56. The topological polar surface area (TPSA) is 55.8 Å². The number of halogens is 1. The Morgan fingerprint density at radius 3 is 2.89 bits per heavy atom. The number of benzene rings is 2. The number of nitrogens with zero attached hydrogens (tertiary/aromatic N) is 1. The molecule has 1 saturated heterocycles. The zero-order chi connectivity index (χ0) is 19.0. The molecule has 0 unspecified atom stereocenters. The summed E-state index contributed by atoms with van der Waals surface area (Å²) in [7, 11) is 0. The number of rotatable bonds is 4. The van der Waals surface area contributed by atoms with Crippen LogP contribution in [0.25, 0.3) is 0 Å². The summed E-state index contributed by atoms with van der Waals surface area (Å²) in [4.78, 5) is 25.7. The standard InChI is InChI=1S/C21H20FNO4/c1-13-3-2-4-17(5-13)26-11-14-9-23(10-14)21(25)18-7-15-6-16(24)12-27-20(15)8-19(18)22/h2-5,7-8,14H,6,9-12H2,1H3. The van der Waals surface area contributed by atoms with Gasteiger partial charge in [0, 0.05) is 37.1 Å². The summed E-state index contributed by atoms with van der Waals surface area (Å²) < 4.78 is 25.3. The molecule has 0 spiro atoms. The molecule has 0 radical (unpaired) electrons. The molecule has 0 aromatic heterocycles. The molecule has 27 heavy (non-hydrogen) atoms. The van der Waals surface area contributed by atoms with Gasteiger partial charge in [-0.25, -0.2) is 4.39 Å². The predicted octanol–water partition coefficient (Wildman–Crippen LogP) is 2.79. The summed E-state index contributed by atoms with van der Waals surface area (Å²) in [6.07, 6.45) is 0.169. The average molecular weight is 369 g/mol. The Morgan fingerprint density at radius 1 is 1.30 bits per heavy atom. The fourth-order valence-electron chi connectivity index (χ4n) is 3.39. The van der Waals surface area contributed by atoms with Crippen molar-refractivity contribution in [3.05, 3.63) is 58.9 Å². The van der Waals surface area contributed by atoms with Crippen molar-refractivity contribution in [2.45, 2.75) is 13.3 Å². The molecule has 1 amide bonds. The van der Waals surface area contributed by atoms with Crippen LogP contribution in [0.15, 0.2) is 36.4 Å². The highest BCUT2D eigenvalue weighted by Crippen LogP contribution is 2.29. The minimum absolute atomic E-state index is 0.00916. The molecule has 2 aromatic carbocycles. The second kappa shape index (κ2) is 7.02. The molecule has 6 heteroatoms. The number of aryl methyl sites for hydroxylation is 1. The minimum atomic E-state index is -0.618. The highest BCUT2D eigenvalue weighted by atomic mass is 19.1. The number of ether oxygens (including phenoxy) is 2. The first-order chi connectivity index (χ1) is 13.0. The van der Waals surface area contributed by atoms with Crippen LogP contribution in [0.2, 0.25) is 0 Å². The van der Waals surface area contributed by atoms with Gasteiger partial charge in [-0.05, 0) is 30.7 Å². The molecule has 1 fully saturated rings. The summed E-state index contributed by atoms with van der Waals surface area (Å²) in [5.74, 6) is 0.319. The van der Waals surface area contributed by atoms with Gasteiger partial charge in [0.2, 0.25) is 0 Å². The van der Waals surface area contributed by atoms with E-state index >= 15 is 0 Å². The van der Waals surface area contributed by atoms with Gasteiger partial charge in [-0.3, -0.25) is 9.59 Å². The Morgan fingerprint density at radius 2 is 2.11 bits per heavy atom. The van der Waals surface area contributed by atoms with Crippen molar-refractivity contribution in [1.82, 2.24) is 4.90 Å². The molecule has 2 aliphatic rings. The van der Waals surface area contributed by atoms with E-state index < -0.39 is 5.82 Å². The Hall–Kier alpha value is -2.89. The van der Waals surface area contributed by atoms with Crippen LogP contribution >= 0.6 is 0 Å². The largest absolute Gasteiger partial charge is 0.493 e. The molecule has 4 rings (SSSR count). The third-order valence-electron chi connectivity index (χ3n) is 4.88. The van der Waals surface area contributed by atoms with E-state index in [2.05, 4.69) is 0 Å². The minimum Gasteiger partial charge on any atom is -0.493 e. The average Bonchev–Trinajstić information content (AvgIpc) is 2.60. The Labute approximate surface area is 156 Å². The third kappa shape index (κ3) is 3.65. The van der Waals surface area contributed by atoms with Crippen molar-refractivity contribution >= 4 is 11.7 Å². The van der Waals surface area contributed by atoms with E-state index in [0.29, 0.717) is 31.0 Å². The first kappa shape index (κ1) is 17.5. The van der Waals surface area contributed by atoms with Crippen molar-refractivity contribution in [2.75, 3.05) is 26.3 Å². The molecule has 2 aromatic rings. The lowest BCUT2D eigenvalue weighted by Gasteiger charge is -2.39. The normalized spacial score (nSPS) is 16.4. The highest BCUT2D eigenvalue weighted by Gasteiger charge is 2.33. The zero-order valence-corrected chi connectivity index (χ0v) is 15.0. The lowest BCUT2D eigenvalue weighted by Crippen LogP contribution is -2.52. The van der Waals surface area contributed by atoms with E-state index in [-0.39, 0.29) is 36.2 Å². The number of hydrogen-bond acceptors (Lipinski definition) is 4. The van der Waals surface area contributed by atoms with Gasteiger partial charge in [-0.15, -0.1) is 0 Å². The van der Waals surface area contributed by atoms with Crippen molar-refractivity contribution in [1.29, 1.82) is 0 Å². The molecule has 0 N–H and O–H groups in total. The van der Waals surface area contributed by atoms with E-state index in [1.165, 1.54) is 12.1 Å². The van der Waals surface area contributed by atoms with Gasteiger partial charge < -0.3 is 14.4 Å². The van der Waals surface area contributed by atoms with Gasteiger partial charge in [0.1, 0.15) is 23.9 Å². The maximum absolute atomic E-state index is 14.3. The van der Waals surface area contributed by atoms with Gasteiger partial charge in [-0.2, -0.15) is 0 Å². The van der Waals surface area contributed by atoms with Gasteiger partial charge >= 0.3 is 0 Å². The quantitative estimate of drug-likeness (QED) is 0.832. The Balaban J connectivity index is 1.36. The van der Waals surface area contributed by atoms with Crippen molar-refractivity contribution < 1.29 is 23.5 Å². The van der Waals surface area contributed by atoms with E-state index in [1.807, 2.05) is 31.2 Å². The molecule has 2 heterocycles. The monoisotopic (exact) mass is 369 g/mol. The zero-order valence-electron chi connectivity index (χ0n) is 15.0. The lowest BCUT2D eigenvalue weighted by molar-refractivity contribution is -0.121. The van der Waals surface area contributed by atoms with Gasteiger partial charge in [0.25, 0.3) is 5.91 Å². The molecule has 140 valence electrons. The second-order valence-electron chi connectivity index (χ2n) is 7.15. The second-order valence-corrected chi connectivity index (χ2v) is 7.15. The van der Waals surface area contributed by atoms with E-state index in [9.17, 15) is 14.0 Å². The SMILES string of the molecule is Cc1cccc(OCC2CN(C(=O)c3cc4c(cc3F)OCC(=O)C4)C2)c1. The first-order valence-electron chi connectivity index (χ1n) is 8.95. The number of Topliss-reactive ketones (excluding diaryl/α,β-unsaturated/α-hetero) is 1. The summed E-state index contributed by atoms with van der Waals surface area (Å²) in [5, 5.41) is 0. The third-order valence-corrected chi connectivity index (χ3v) is 4.88. The van der Waals surface area contributed by atoms with Crippen LogP contribution in [-0.2, 0) is 11.2 Å². The van der Waals surface area contributed by atoms with Gasteiger partial charge in [0.05, 0.1) is 12.2 Å². The molecule has 0 aliphatic carbocycles. The number of fused-ring (bicyclic) bond motifs is 1. The molecule has 0 bridgehead atoms. The molecular formula is C21H20FNO4. The number of hydrogen-bond donors (Lipinski definition) is 0. The maximum atomic E-state index is 14.3. The lowest BCUT2D eigenvalue weighted by atomic mass is 9.97. The molecule has 0 atom stereocenters. The highest BCUT2D eigenvalue weighted by molar-refractivity contribution is 5.96. The van der Waals surface area contributed by atoms with Gasteiger partial charge in [0.15, 0.2) is 5.78 Å². The molecule has 0 saturated carbocycles. The summed E-state index contributed by atoms with van der Waals surface area (Å²) >= 11 is 0. The van der Waals surface area contributed by atoms with Crippen LogP contribution in [0, 0.1) is 18.7 Å². The van der Waals surface area contributed by atoms with E-state index in [0.717, 1.165) is 11.3 Å². The van der Waals surface area contributed by atoms with E-state index in [4.69, 9.17) is 9.47 Å². The number of carbonyl (C=O) groups excluding carboxylic acids is 2. The van der Waals surface area contributed by atoms with Crippen LogP contribution in [-0.4, -0.2) is 42.9 Å². The summed E-state index contributed by atoms with van der Waals surface area (Å²) in [5.41, 5.74) is 1.68. The van der Waals surface area contributed by atoms with Crippen LogP contribution in [0.1, 0.15) is 21.5 Å². The van der Waals surface area contributed by atoms with Crippen molar-refractivity contribution in [3.8, 4) is 11.5 Å². The van der Waals surface area contributed by atoms with Crippen LogP contribution in [0.3, 0.4) is 0 Å². The van der Waals surface area contributed by atoms with E-state index in [1.54, 1.807) is 4.90 Å². The fraction of sp³-hybridized carbons (Fsp3) is 0.333. The maximum Gasteiger partial charge on any atom is 0.256 e. The summed E-state index contributed by atoms with van der Waals surface area (Å²) in [6, 6.07) is 10.5. The molecule has 2 aliphatic heterocycles. The van der Waals surface area contributed by atoms with Gasteiger partial charge in [-0.1, -0.05) is 12.1 Å². The first-order valence-corrected chi connectivity index (χ1v) is 8.95. The Bertz CT molecular complexity index is 905. The predicted molar refractivity (Wildman–Crippen MR) is 96.7 cm³/mol. The van der Waals surface area contributed by atoms with Crippen molar-refractivity contribution in [3.63, 3.8) is 0 Å². The van der Waals surface area contributed by atoms with Crippen LogP contribution in [0.4, 0.5) is 4.39 Å². The number of likely N-dealkylation sites (tertiary alicyclic amines) is 1.